The summed E-state index contributed by atoms with van der Waals surface area (Å²) in [5.74, 6) is 0.735. The van der Waals surface area contributed by atoms with Crippen LogP contribution in [0.15, 0.2) is 311 Å². The Bertz CT molecular complexity index is 3570. The Morgan fingerprint density at radius 3 is 1.08 bits per heavy atom. The Balaban J connectivity index is 0.000000175. The molecule has 13 rings (SSSR count). The Morgan fingerprint density at radius 1 is 0.351 bits per heavy atom. The van der Waals surface area contributed by atoms with E-state index in [-0.39, 0.29) is 6.04 Å². The maximum atomic E-state index is 5.23. The number of imidazole rings is 1. The number of nitrogens with zero attached hydrogens (tertiary/aromatic N) is 8. The molecule has 0 spiro atoms. The van der Waals surface area contributed by atoms with Gasteiger partial charge in [-0.15, -0.1) is 0 Å². The van der Waals surface area contributed by atoms with Crippen LogP contribution in [0.3, 0.4) is 0 Å². The fraction of sp³-hybridized carbons (Fsp3) is 0.0156. The molecule has 0 amide bonds. The van der Waals surface area contributed by atoms with Crippen molar-refractivity contribution in [1.82, 2.24) is 17.3 Å². The van der Waals surface area contributed by atoms with Crippen molar-refractivity contribution in [2.45, 2.75) is 11.1 Å². The number of aliphatic imine (C=N–C) groups is 4. The summed E-state index contributed by atoms with van der Waals surface area (Å²) in [5, 5.41) is 1.93. The molecule has 11 aromatic rings. The van der Waals surface area contributed by atoms with Gasteiger partial charge < -0.3 is 0 Å². The molecule has 2 aliphatic heterocycles. The number of amidine groups is 1. The van der Waals surface area contributed by atoms with Crippen LogP contribution >= 0.6 is 16.6 Å². The summed E-state index contributed by atoms with van der Waals surface area (Å²) >= 11 is -11.9. The van der Waals surface area contributed by atoms with E-state index in [2.05, 4.69) is 302 Å². The Hall–Kier alpha value is -6.32. The van der Waals surface area contributed by atoms with Crippen molar-refractivity contribution in [3.8, 4) is 0 Å². The molecule has 0 bridgehead atoms. The van der Waals surface area contributed by atoms with Crippen LogP contribution in [0.4, 0.5) is 0 Å². The van der Waals surface area contributed by atoms with E-state index in [1.54, 1.807) is 19.0 Å². The summed E-state index contributed by atoms with van der Waals surface area (Å²) < 4.78 is 14.9. The third-order valence-electron chi connectivity index (χ3n) is 14.1. The van der Waals surface area contributed by atoms with Gasteiger partial charge in [-0.3, -0.25) is 0 Å². The SMILES string of the molecule is C1=NC2=NC=NC2C([S][Pb]([c]2ccccc2)([c]2ccccc2)[c]2ccccc2)=N1.c1cc[c]([Pb]([S]c2ncnc3c2nc[n]3[Pb]([c]2ccccc2)([c]2ccccc2)[c]2ccccc2)([c]2ccccc2)[c]2ccccc2)cc1. The van der Waals surface area contributed by atoms with Crippen LogP contribution in [0, 0.1) is 0 Å². The molecule has 1 unspecified atom stereocenters. The van der Waals surface area contributed by atoms with E-state index in [9.17, 15) is 0 Å². The Morgan fingerprint density at radius 2 is 0.701 bits per heavy atom. The van der Waals surface area contributed by atoms with E-state index >= 15 is 0 Å². The van der Waals surface area contributed by atoms with Crippen molar-refractivity contribution in [3.63, 3.8) is 0 Å². The number of hydrogen-bond donors (Lipinski definition) is 0. The van der Waals surface area contributed by atoms with Gasteiger partial charge in [0.2, 0.25) is 0 Å². The van der Waals surface area contributed by atoms with Gasteiger partial charge in [-0.25, -0.2) is 0 Å². The topological polar surface area (TPSA) is 93.0 Å². The van der Waals surface area contributed by atoms with E-state index in [4.69, 9.17) is 15.0 Å². The summed E-state index contributed by atoms with van der Waals surface area (Å²) in [5.41, 5.74) is 1.75. The van der Waals surface area contributed by atoms with Crippen LogP contribution < -0.4 is 28.1 Å². The van der Waals surface area contributed by atoms with Crippen LogP contribution in [-0.2, 0) is 0 Å². The molecule has 370 valence electrons. The van der Waals surface area contributed by atoms with Gasteiger partial charge in [0.05, 0.1) is 0 Å². The minimum absolute atomic E-state index is 0.180. The van der Waals surface area contributed by atoms with Gasteiger partial charge in [0.15, 0.2) is 0 Å². The van der Waals surface area contributed by atoms with Crippen molar-refractivity contribution in [2.24, 2.45) is 20.0 Å². The predicted molar refractivity (Wildman–Crippen MR) is 332 cm³/mol. The molecule has 77 heavy (non-hydrogen) atoms. The third-order valence-corrected chi connectivity index (χ3v) is 84.4. The van der Waals surface area contributed by atoms with Crippen LogP contribution in [0.2, 0.25) is 0 Å². The molecule has 0 saturated carbocycles. The third kappa shape index (κ3) is 10.00. The monoisotopic (exact) mass is 1620 g/mol. The molecule has 9 aromatic carbocycles. The van der Waals surface area contributed by atoms with E-state index < -0.39 is 60.8 Å². The van der Waals surface area contributed by atoms with Crippen molar-refractivity contribution in [1.29, 1.82) is 0 Å². The van der Waals surface area contributed by atoms with Crippen molar-refractivity contribution >= 4 is 140 Å². The van der Waals surface area contributed by atoms with Crippen molar-refractivity contribution in [2.75, 3.05) is 0 Å². The van der Waals surface area contributed by atoms with E-state index in [1.165, 1.54) is 28.1 Å². The number of benzene rings is 9. The Labute approximate surface area is 468 Å². The molecule has 8 nitrogen and oxygen atoms in total. The molecule has 0 aliphatic carbocycles. The normalized spacial score (nSPS) is 14.0. The van der Waals surface area contributed by atoms with Crippen LogP contribution in [0.1, 0.15) is 0 Å². The zero-order valence-electron chi connectivity index (χ0n) is 41.8. The van der Waals surface area contributed by atoms with E-state index in [0.717, 1.165) is 27.1 Å². The first-order chi connectivity index (χ1) is 38.2. The summed E-state index contributed by atoms with van der Waals surface area (Å²) in [4.78, 5) is 33.2. The quantitative estimate of drug-likeness (QED) is 0.0871. The van der Waals surface area contributed by atoms with Gasteiger partial charge in [-0.1, -0.05) is 0 Å². The molecule has 0 saturated heterocycles. The fourth-order valence-corrected chi connectivity index (χ4v) is 79.8. The van der Waals surface area contributed by atoms with Gasteiger partial charge in [-0.2, -0.15) is 0 Å². The standard InChI is InChI=1S/9C6H5.C5H4N4S.C5H3N4S.3Pb/c9*1-2-4-6-5-3-1;2*10-5-3-4(7-1-6-3)8-2-9-5;;;/h9*1-5H;1-3H,(H,6,7,8,9,10);1-2H,(H-,6,7,8,9,10);;;/q;;;;;;;;;;-1;3*+1/p-2. The Kier molecular flexibility index (Phi) is 15.9. The average molecular weight is 1620 g/mol. The molecule has 13 heteroatoms. The van der Waals surface area contributed by atoms with Gasteiger partial charge >= 0.3 is 474 Å². The van der Waals surface area contributed by atoms with Crippen molar-refractivity contribution in [3.05, 3.63) is 286 Å². The summed E-state index contributed by atoms with van der Waals surface area (Å²) in [6, 6.07) is 98.9. The summed E-state index contributed by atoms with van der Waals surface area (Å²) in [6.07, 6.45) is 7.03. The second-order valence-electron chi connectivity index (χ2n) is 18.4. The maximum absolute atomic E-state index is 5.23. The van der Waals surface area contributed by atoms with Gasteiger partial charge in [0.1, 0.15) is 0 Å². The van der Waals surface area contributed by atoms with Crippen LogP contribution in [-0.4, -0.2) is 108 Å². The second kappa shape index (κ2) is 23.7. The van der Waals surface area contributed by atoms with E-state index in [0.29, 0.717) is 0 Å². The molecule has 4 heterocycles. The molecule has 0 N–H and O–H groups in total. The molecular formula is C64H50N8Pb3S2. The van der Waals surface area contributed by atoms with Gasteiger partial charge in [0, 0.05) is 0 Å². The average Bonchev–Trinajstić information content (AvgIpc) is 4.32. The molecule has 0 radical (unpaired) electrons. The van der Waals surface area contributed by atoms with Gasteiger partial charge in [0.25, 0.3) is 0 Å². The fourth-order valence-electron chi connectivity index (χ4n) is 10.7. The van der Waals surface area contributed by atoms with Crippen LogP contribution in [0.5, 0.6) is 0 Å². The number of rotatable bonds is 13. The van der Waals surface area contributed by atoms with Crippen LogP contribution in [0.25, 0.3) is 11.2 Å². The first-order valence-corrected chi connectivity index (χ1v) is 55.8. The predicted octanol–water partition coefficient (Wildman–Crippen LogP) is 7.74. The molecular weight excluding hydrogens is 1570 g/mol. The molecule has 1 atom stereocenters. The van der Waals surface area contributed by atoms with Gasteiger partial charge in [-0.05, 0) is 0 Å². The van der Waals surface area contributed by atoms with E-state index in [1.807, 2.05) is 16.6 Å². The molecule has 2 aliphatic rings. The first-order valence-electron chi connectivity index (χ1n) is 25.5. The zero-order valence-corrected chi connectivity index (χ0v) is 55.1. The number of aromatic nitrogens is 4. The summed E-state index contributed by atoms with van der Waals surface area (Å²) in [6.45, 7) is 0. The molecule has 0 fully saturated rings. The number of hydrogen-bond acceptors (Lipinski definition) is 9. The zero-order chi connectivity index (χ0) is 51.7. The minimum atomic E-state index is -4.22. The van der Waals surface area contributed by atoms with Crippen molar-refractivity contribution < 1.29 is 0 Å². The summed E-state index contributed by atoms with van der Waals surface area (Å²) in [7, 11) is 3.89. The first kappa shape index (κ1) is 51.4. The molecule has 2 aromatic heterocycles. The second-order valence-corrected chi connectivity index (χ2v) is 73.3. The number of fused-ring (bicyclic) bond motifs is 2.